The fraction of sp³-hybridized carbons (Fsp3) is 0.375. The minimum atomic E-state index is -0.141. The monoisotopic (exact) mass is 354 g/mol. The number of piperidine rings is 1. The van der Waals surface area contributed by atoms with Gasteiger partial charge < -0.3 is 14.7 Å². The molecular formula is C16H18N8O2. The molecule has 1 unspecified atom stereocenters. The molecule has 1 amide bonds. The molecule has 1 N–H and O–H groups in total. The summed E-state index contributed by atoms with van der Waals surface area (Å²) in [6, 6.07) is 5.41. The van der Waals surface area contributed by atoms with Gasteiger partial charge in [0.25, 0.3) is 0 Å². The molecule has 0 spiro atoms. The number of anilines is 2. The number of nitrogens with one attached hydrogen (secondary N) is 1. The van der Waals surface area contributed by atoms with E-state index < -0.39 is 0 Å². The second kappa shape index (κ2) is 6.90. The van der Waals surface area contributed by atoms with E-state index in [1.165, 1.54) is 6.33 Å². The fourth-order valence-corrected chi connectivity index (χ4v) is 2.99. The SMILES string of the molecule is Cc1cc(NC(=O)C2CCCN(c3ccc(-n4cncn4)nn3)C2)no1. The Bertz CT molecular complexity index is 874. The normalized spacial score (nSPS) is 17.3. The number of carbonyl (C=O) groups is 1. The van der Waals surface area contributed by atoms with Gasteiger partial charge in [0.1, 0.15) is 18.4 Å². The zero-order valence-electron chi connectivity index (χ0n) is 14.2. The molecule has 4 rings (SSSR count). The van der Waals surface area contributed by atoms with E-state index >= 15 is 0 Å². The minimum Gasteiger partial charge on any atom is -0.360 e. The summed E-state index contributed by atoms with van der Waals surface area (Å²) in [7, 11) is 0. The van der Waals surface area contributed by atoms with Gasteiger partial charge in [0.15, 0.2) is 17.5 Å². The Balaban J connectivity index is 1.42. The maximum atomic E-state index is 12.5. The Hall–Kier alpha value is -3.30. The predicted molar refractivity (Wildman–Crippen MR) is 91.8 cm³/mol. The molecule has 10 heteroatoms. The first-order valence-electron chi connectivity index (χ1n) is 8.37. The van der Waals surface area contributed by atoms with E-state index in [0.717, 1.165) is 25.2 Å². The quantitative estimate of drug-likeness (QED) is 0.743. The smallest absolute Gasteiger partial charge is 0.230 e. The topological polar surface area (TPSA) is 115 Å². The zero-order valence-corrected chi connectivity index (χ0v) is 14.2. The lowest BCUT2D eigenvalue weighted by atomic mass is 9.97. The van der Waals surface area contributed by atoms with Crippen LogP contribution < -0.4 is 10.2 Å². The van der Waals surface area contributed by atoms with Gasteiger partial charge in [-0.1, -0.05) is 5.16 Å². The van der Waals surface area contributed by atoms with E-state index in [-0.39, 0.29) is 11.8 Å². The van der Waals surface area contributed by atoms with Crippen molar-refractivity contribution in [1.82, 2.24) is 30.1 Å². The number of hydrogen-bond donors (Lipinski definition) is 1. The Morgan fingerprint density at radius 1 is 1.31 bits per heavy atom. The number of aryl methyl sites for hydroxylation is 1. The molecule has 0 bridgehead atoms. The molecule has 10 nitrogen and oxygen atoms in total. The number of rotatable bonds is 4. The van der Waals surface area contributed by atoms with E-state index in [1.807, 2.05) is 12.1 Å². The number of amides is 1. The van der Waals surface area contributed by atoms with Crippen LogP contribution in [-0.2, 0) is 4.79 Å². The van der Waals surface area contributed by atoms with Gasteiger partial charge in [0, 0.05) is 19.2 Å². The Kier molecular flexibility index (Phi) is 4.30. The molecular weight excluding hydrogens is 336 g/mol. The summed E-state index contributed by atoms with van der Waals surface area (Å²) < 4.78 is 6.52. The summed E-state index contributed by atoms with van der Waals surface area (Å²) in [6.07, 6.45) is 4.74. The summed E-state index contributed by atoms with van der Waals surface area (Å²) in [5.74, 6) is 2.24. The van der Waals surface area contributed by atoms with Crippen molar-refractivity contribution in [3.8, 4) is 5.82 Å². The van der Waals surface area contributed by atoms with E-state index in [2.05, 4.69) is 35.7 Å². The van der Waals surface area contributed by atoms with E-state index in [4.69, 9.17) is 4.52 Å². The van der Waals surface area contributed by atoms with Gasteiger partial charge >= 0.3 is 0 Å². The molecule has 1 saturated heterocycles. The maximum absolute atomic E-state index is 12.5. The van der Waals surface area contributed by atoms with Gasteiger partial charge in [-0.25, -0.2) is 9.67 Å². The van der Waals surface area contributed by atoms with Crippen LogP contribution >= 0.6 is 0 Å². The van der Waals surface area contributed by atoms with Crippen LogP contribution in [0.5, 0.6) is 0 Å². The summed E-state index contributed by atoms with van der Waals surface area (Å²) in [5.41, 5.74) is 0. The summed E-state index contributed by atoms with van der Waals surface area (Å²) >= 11 is 0. The second-order valence-electron chi connectivity index (χ2n) is 6.19. The van der Waals surface area contributed by atoms with Crippen molar-refractivity contribution in [3.63, 3.8) is 0 Å². The van der Waals surface area contributed by atoms with Gasteiger partial charge in [-0.15, -0.1) is 10.2 Å². The third kappa shape index (κ3) is 3.39. The fourth-order valence-electron chi connectivity index (χ4n) is 2.99. The molecule has 3 aromatic rings. The number of hydrogen-bond acceptors (Lipinski definition) is 8. The highest BCUT2D eigenvalue weighted by atomic mass is 16.5. The largest absolute Gasteiger partial charge is 0.360 e. The second-order valence-corrected chi connectivity index (χ2v) is 6.19. The average Bonchev–Trinajstić information content (AvgIpc) is 3.34. The highest BCUT2D eigenvalue weighted by Gasteiger charge is 2.27. The van der Waals surface area contributed by atoms with Crippen LogP contribution in [0.1, 0.15) is 18.6 Å². The van der Waals surface area contributed by atoms with E-state index in [0.29, 0.717) is 23.9 Å². The minimum absolute atomic E-state index is 0.0600. The van der Waals surface area contributed by atoms with Gasteiger partial charge in [-0.05, 0) is 31.9 Å². The summed E-state index contributed by atoms with van der Waals surface area (Å²) in [4.78, 5) is 18.5. The molecule has 0 aliphatic carbocycles. The van der Waals surface area contributed by atoms with E-state index in [9.17, 15) is 4.79 Å². The molecule has 26 heavy (non-hydrogen) atoms. The molecule has 1 atom stereocenters. The lowest BCUT2D eigenvalue weighted by Gasteiger charge is -2.32. The highest BCUT2D eigenvalue weighted by Crippen LogP contribution is 2.23. The summed E-state index contributed by atoms with van der Waals surface area (Å²) in [6.45, 7) is 3.21. The molecule has 1 aliphatic rings. The van der Waals surface area contributed by atoms with Gasteiger partial charge in [0.05, 0.1) is 5.92 Å². The van der Waals surface area contributed by atoms with Crippen LogP contribution in [0.15, 0.2) is 35.4 Å². The van der Waals surface area contributed by atoms with Crippen molar-refractivity contribution in [2.75, 3.05) is 23.3 Å². The molecule has 3 aromatic heterocycles. The van der Waals surface area contributed by atoms with Gasteiger partial charge in [-0.2, -0.15) is 5.10 Å². The van der Waals surface area contributed by atoms with Crippen LogP contribution in [0.2, 0.25) is 0 Å². The van der Waals surface area contributed by atoms with Crippen molar-refractivity contribution in [3.05, 3.63) is 36.6 Å². The maximum Gasteiger partial charge on any atom is 0.230 e. The Morgan fingerprint density at radius 3 is 2.85 bits per heavy atom. The molecule has 1 aliphatic heterocycles. The Morgan fingerprint density at radius 2 is 2.15 bits per heavy atom. The van der Waals surface area contributed by atoms with Gasteiger partial charge in [-0.3, -0.25) is 4.79 Å². The lowest BCUT2D eigenvalue weighted by molar-refractivity contribution is -0.120. The van der Waals surface area contributed by atoms with Crippen molar-refractivity contribution >= 4 is 17.5 Å². The first-order valence-corrected chi connectivity index (χ1v) is 8.37. The molecule has 4 heterocycles. The molecule has 0 aromatic carbocycles. The van der Waals surface area contributed by atoms with Crippen LogP contribution in [0.4, 0.5) is 11.6 Å². The molecule has 134 valence electrons. The Labute approximate surface area is 149 Å². The number of aromatic nitrogens is 6. The van der Waals surface area contributed by atoms with Crippen molar-refractivity contribution in [2.24, 2.45) is 5.92 Å². The van der Waals surface area contributed by atoms with E-state index in [1.54, 1.807) is 24.0 Å². The first-order chi connectivity index (χ1) is 12.7. The van der Waals surface area contributed by atoms with Crippen LogP contribution in [-0.4, -0.2) is 49.1 Å². The lowest BCUT2D eigenvalue weighted by Crippen LogP contribution is -2.41. The van der Waals surface area contributed by atoms with Gasteiger partial charge in [0.2, 0.25) is 5.91 Å². The van der Waals surface area contributed by atoms with Crippen molar-refractivity contribution in [2.45, 2.75) is 19.8 Å². The number of carbonyl (C=O) groups excluding carboxylic acids is 1. The van der Waals surface area contributed by atoms with Crippen molar-refractivity contribution in [1.29, 1.82) is 0 Å². The summed E-state index contributed by atoms with van der Waals surface area (Å²) in [5, 5.41) is 19.1. The van der Waals surface area contributed by atoms with Crippen LogP contribution in [0.3, 0.4) is 0 Å². The standard InChI is InChI=1S/C16H18N8O2/c1-11-7-13(22-26-11)19-16(25)12-3-2-6-23(8-12)14-4-5-15(21-20-14)24-10-17-9-18-24/h4-5,7,9-10,12H,2-3,6,8H2,1H3,(H,19,22,25). The first kappa shape index (κ1) is 16.2. The number of nitrogens with zero attached hydrogens (tertiary/aromatic N) is 7. The zero-order chi connectivity index (χ0) is 17.9. The third-order valence-corrected chi connectivity index (χ3v) is 4.29. The van der Waals surface area contributed by atoms with Crippen LogP contribution in [0.25, 0.3) is 5.82 Å². The molecule has 0 saturated carbocycles. The average molecular weight is 354 g/mol. The highest BCUT2D eigenvalue weighted by molar-refractivity contribution is 5.92. The van der Waals surface area contributed by atoms with Crippen LogP contribution in [0, 0.1) is 12.8 Å². The predicted octanol–water partition coefficient (Wildman–Crippen LogP) is 1.21. The molecule has 1 fully saturated rings. The van der Waals surface area contributed by atoms with Crippen molar-refractivity contribution < 1.29 is 9.32 Å². The third-order valence-electron chi connectivity index (χ3n) is 4.29. The molecule has 0 radical (unpaired) electrons.